The highest BCUT2D eigenvalue weighted by Gasteiger charge is 2.16. The van der Waals surface area contributed by atoms with Gasteiger partial charge in [-0.15, -0.1) is 12.4 Å². The van der Waals surface area contributed by atoms with Gasteiger partial charge in [0.15, 0.2) is 0 Å². The minimum Gasteiger partial charge on any atom is -0.490 e. The molecule has 1 aliphatic heterocycles. The molecule has 1 fully saturated rings. The van der Waals surface area contributed by atoms with Gasteiger partial charge in [0.05, 0.1) is 0 Å². The van der Waals surface area contributed by atoms with Gasteiger partial charge in [-0.3, -0.25) is 4.79 Å². The Hall–Kier alpha value is -1.52. The van der Waals surface area contributed by atoms with E-state index in [1.807, 2.05) is 29.2 Å². The predicted octanol–water partition coefficient (Wildman–Crippen LogP) is 2.11. The molecule has 0 bridgehead atoms. The maximum Gasteiger partial charge on any atom is 0.253 e. The van der Waals surface area contributed by atoms with Gasteiger partial charge in [-0.05, 0) is 37.2 Å². The van der Waals surface area contributed by atoms with Crippen molar-refractivity contribution in [3.63, 3.8) is 0 Å². The van der Waals surface area contributed by atoms with Gasteiger partial charge in [-0.25, -0.2) is 0 Å². The van der Waals surface area contributed by atoms with E-state index in [0.717, 1.165) is 38.3 Å². The second-order valence-electron chi connectivity index (χ2n) is 4.52. The van der Waals surface area contributed by atoms with Crippen molar-refractivity contribution in [1.82, 2.24) is 10.2 Å². The number of halogens is 1. The van der Waals surface area contributed by atoms with Crippen LogP contribution in [0.2, 0.25) is 0 Å². The fourth-order valence-electron chi connectivity index (χ4n) is 2.08. The summed E-state index contributed by atoms with van der Waals surface area (Å²) in [5, 5.41) is 3.29. The Bertz CT molecular complexity index is 426. The Kier molecular flexibility index (Phi) is 7.12. The smallest absolute Gasteiger partial charge is 0.253 e. The molecule has 2 rings (SSSR count). The summed E-state index contributed by atoms with van der Waals surface area (Å²) in [4.78, 5) is 14.2. The lowest BCUT2D eigenvalue weighted by Gasteiger charge is -2.20. The molecule has 0 spiro atoms. The van der Waals surface area contributed by atoms with Crippen molar-refractivity contribution >= 4 is 18.3 Å². The van der Waals surface area contributed by atoms with Gasteiger partial charge in [0.25, 0.3) is 5.91 Å². The van der Waals surface area contributed by atoms with Gasteiger partial charge >= 0.3 is 0 Å². The van der Waals surface area contributed by atoms with Gasteiger partial charge < -0.3 is 15.0 Å². The Labute approximate surface area is 126 Å². The SMILES string of the molecule is C=CCOc1ccc(C(=O)N2CCCNCC2)cc1.Cl. The molecule has 4 nitrogen and oxygen atoms in total. The third-order valence-electron chi connectivity index (χ3n) is 3.10. The summed E-state index contributed by atoms with van der Waals surface area (Å²) in [5.41, 5.74) is 0.716. The highest BCUT2D eigenvalue weighted by molar-refractivity contribution is 5.94. The van der Waals surface area contributed by atoms with E-state index in [9.17, 15) is 4.79 Å². The van der Waals surface area contributed by atoms with Crippen molar-refractivity contribution in [3.8, 4) is 5.75 Å². The highest BCUT2D eigenvalue weighted by Crippen LogP contribution is 2.14. The van der Waals surface area contributed by atoms with Crippen LogP contribution in [0, 0.1) is 0 Å². The van der Waals surface area contributed by atoms with Crippen LogP contribution in [-0.2, 0) is 0 Å². The van der Waals surface area contributed by atoms with Crippen molar-refractivity contribution in [2.24, 2.45) is 0 Å². The highest BCUT2D eigenvalue weighted by atomic mass is 35.5. The minimum absolute atomic E-state index is 0. The first-order valence-corrected chi connectivity index (χ1v) is 6.65. The van der Waals surface area contributed by atoms with E-state index in [1.54, 1.807) is 6.08 Å². The zero-order valence-electron chi connectivity index (χ0n) is 11.5. The molecule has 1 saturated heterocycles. The minimum atomic E-state index is 0. The normalized spacial score (nSPS) is 14.9. The molecule has 0 saturated carbocycles. The Morgan fingerprint density at radius 2 is 2.05 bits per heavy atom. The number of amides is 1. The second kappa shape index (κ2) is 8.61. The molecule has 0 aromatic heterocycles. The number of nitrogens with zero attached hydrogens (tertiary/aromatic N) is 1. The van der Waals surface area contributed by atoms with Crippen LogP contribution in [0.4, 0.5) is 0 Å². The van der Waals surface area contributed by atoms with Crippen LogP contribution >= 0.6 is 12.4 Å². The number of carbonyl (C=O) groups excluding carboxylic acids is 1. The van der Waals surface area contributed by atoms with Crippen LogP contribution in [0.15, 0.2) is 36.9 Å². The average Bonchev–Trinajstić information content (AvgIpc) is 2.74. The van der Waals surface area contributed by atoms with E-state index in [4.69, 9.17) is 4.74 Å². The van der Waals surface area contributed by atoms with Crippen LogP contribution in [0.1, 0.15) is 16.8 Å². The molecule has 110 valence electrons. The molecule has 20 heavy (non-hydrogen) atoms. The molecule has 1 aromatic rings. The summed E-state index contributed by atoms with van der Waals surface area (Å²) in [6, 6.07) is 7.29. The number of nitrogens with one attached hydrogen (secondary N) is 1. The number of carbonyl (C=O) groups is 1. The molecule has 1 aliphatic rings. The van der Waals surface area contributed by atoms with Crippen molar-refractivity contribution in [2.75, 3.05) is 32.8 Å². The summed E-state index contributed by atoms with van der Waals surface area (Å²) >= 11 is 0. The molecule has 0 aliphatic carbocycles. The lowest BCUT2D eigenvalue weighted by Crippen LogP contribution is -2.34. The van der Waals surface area contributed by atoms with E-state index < -0.39 is 0 Å². The van der Waals surface area contributed by atoms with E-state index >= 15 is 0 Å². The Morgan fingerprint density at radius 3 is 2.75 bits per heavy atom. The van der Waals surface area contributed by atoms with Crippen molar-refractivity contribution in [3.05, 3.63) is 42.5 Å². The first-order chi connectivity index (χ1) is 9.31. The molecule has 0 radical (unpaired) electrons. The fraction of sp³-hybridized carbons (Fsp3) is 0.400. The third-order valence-corrected chi connectivity index (χ3v) is 3.10. The van der Waals surface area contributed by atoms with Crippen LogP contribution < -0.4 is 10.1 Å². The van der Waals surface area contributed by atoms with Crippen LogP contribution in [0.25, 0.3) is 0 Å². The summed E-state index contributed by atoms with van der Waals surface area (Å²) < 4.78 is 5.40. The molecule has 1 amide bonds. The molecule has 0 atom stereocenters. The molecular weight excluding hydrogens is 276 g/mol. The van der Waals surface area contributed by atoms with Crippen molar-refractivity contribution in [1.29, 1.82) is 0 Å². The number of ether oxygens (including phenoxy) is 1. The monoisotopic (exact) mass is 296 g/mol. The molecule has 1 N–H and O–H groups in total. The first-order valence-electron chi connectivity index (χ1n) is 6.65. The van der Waals surface area contributed by atoms with Gasteiger partial charge in [-0.2, -0.15) is 0 Å². The van der Waals surface area contributed by atoms with Crippen LogP contribution in [-0.4, -0.2) is 43.6 Å². The average molecular weight is 297 g/mol. The molecular formula is C15H21ClN2O2. The number of hydrogen-bond donors (Lipinski definition) is 1. The number of hydrogen-bond acceptors (Lipinski definition) is 3. The van der Waals surface area contributed by atoms with E-state index in [2.05, 4.69) is 11.9 Å². The zero-order valence-corrected chi connectivity index (χ0v) is 12.3. The lowest BCUT2D eigenvalue weighted by atomic mass is 10.2. The van der Waals surface area contributed by atoms with E-state index in [-0.39, 0.29) is 18.3 Å². The van der Waals surface area contributed by atoms with E-state index in [1.165, 1.54) is 0 Å². The zero-order chi connectivity index (χ0) is 13.5. The number of rotatable bonds is 4. The van der Waals surface area contributed by atoms with Gasteiger partial charge in [0, 0.05) is 25.2 Å². The van der Waals surface area contributed by atoms with Crippen molar-refractivity contribution in [2.45, 2.75) is 6.42 Å². The number of benzene rings is 1. The third kappa shape index (κ3) is 4.54. The predicted molar refractivity (Wildman–Crippen MR) is 82.8 cm³/mol. The van der Waals surface area contributed by atoms with Crippen molar-refractivity contribution < 1.29 is 9.53 Å². The molecule has 1 aromatic carbocycles. The van der Waals surface area contributed by atoms with Crippen LogP contribution in [0.3, 0.4) is 0 Å². The maximum atomic E-state index is 12.3. The molecule has 0 unspecified atom stereocenters. The van der Waals surface area contributed by atoms with Crippen LogP contribution in [0.5, 0.6) is 5.75 Å². The summed E-state index contributed by atoms with van der Waals surface area (Å²) in [6.07, 6.45) is 2.70. The van der Waals surface area contributed by atoms with E-state index in [0.29, 0.717) is 12.2 Å². The summed E-state index contributed by atoms with van der Waals surface area (Å²) in [5.74, 6) is 0.855. The maximum absolute atomic E-state index is 12.3. The molecule has 5 heteroatoms. The van der Waals surface area contributed by atoms with Gasteiger partial charge in [0.1, 0.15) is 12.4 Å². The topological polar surface area (TPSA) is 41.6 Å². The summed E-state index contributed by atoms with van der Waals surface area (Å²) in [6.45, 7) is 7.52. The standard InChI is InChI=1S/C15H20N2O2.ClH/c1-2-12-19-14-6-4-13(5-7-14)15(18)17-10-3-8-16-9-11-17;/h2,4-7,16H,1,3,8-12H2;1H. The Morgan fingerprint density at radius 1 is 1.30 bits per heavy atom. The largest absolute Gasteiger partial charge is 0.490 e. The summed E-state index contributed by atoms with van der Waals surface area (Å²) in [7, 11) is 0. The molecule has 1 heterocycles. The lowest BCUT2D eigenvalue weighted by molar-refractivity contribution is 0.0766. The fourth-order valence-corrected chi connectivity index (χ4v) is 2.08. The second-order valence-corrected chi connectivity index (χ2v) is 4.52. The Balaban J connectivity index is 0.00000200. The quantitative estimate of drug-likeness (QED) is 0.865. The van der Waals surface area contributed by atoms with Gasteiger partial charge in [-0.1, -0.05) is 12.7 Å². The first kappa shape index (κ1) is 16.5. The van der Waals surface area contributed by atoms with Gasteiger partial charge in [0.2, 0.25) is 0 Å².